The Balaban J connectivity index is 2.01. The molecule has 0 bridgehead atoms. The number of nitrogens with one attached hydrogen (secondary N) is 1. The standard InChI is InChI=1S/C14H16ClNO/c1-2-3-8-17-14-7-4-12(15)9-11(14)10-16-13-5-6-13/h4,7,9,13,16H,5-6,8,10H2,1H3. The number of rotatable bonds is 5. The van der Waals surface area contributed by atoms with Gasteiger partial charge in [0.15, 0.2) is 0 Å². The lowest BCUT2D eigenvalue weighted by Crippen LogP contribution is -2.16. The van der Waals surface area contributed by atoms with Crippen LogP contribution in [0.2, 0.25) is 5.02 Å². The van der Waals surface area contributed by atoms with Crippen molar-refractivity contribution in [3.63, 3.8) is 0 Å². The zero-order chi connectivity index (χ0) is 12.1. The monoisotopic (exact) mass is 249 g/mol. The summed E-state index contributed by atoms with van der Waals surface area (Å²) in [6.07, 6.45) is 2.55. The summed E-state index contributed by atoms with van der Waals surface area (Å²) < 4.78 is 5.61. The van der Waals surface area contributed by atoms with Crippen LogP contribution in [-0.2, 0) is 6.54 Å². The quantitative estimate of drug-likeness (QED) is 0.810. The zero-order valence-corrected chi connectivity index (χ0v) is 10.7. The molecule has 0 amide bonds. The molecular weight excluding hydrogens is 234 g/mol. The second-order valence-corrected chi connectivity index (χ2v) is 4.56. The summed E-state index contributed by atoms with van der Waals surface area (Å²) in [4.78, 5) is 0. The first-order valence-corrected chi connectivity index (χ1v) is 6.21. The van der Waals surface area contributed by atoms with E-state index in [1.165, 1.54) is 12.8 Å². The fourth-order valence-corrected chi connectivity index (χ4v) is 1.75. The molecule has 0 unspecified atom stereocenters. The summed E-state index contributed by atoms with van der Waals surface area (Å²) in [5, 5.41) is 4.20. The zero-order valence-electron chi connectivity index (χ0n) is 9.92. The molecule has 90 valence electrons. The fourth-order valence-electron chi connectivity index (χ4n) is 1.55. The van der Waals surface area contributed by atoms with Crippen molar-refractivity contribution < 1.29 is 4.74 Å². The Bertz CT molecular complexity index is 443. The maximum atomic E-state index is 6.00. The Morgan fingerprint density at radius 3 is 3.00 bits per heavy atom. The minimum absolute atomic E-state index is 0.425. The lowest BCUT2D eigenvalue weighted by molar-refractivity contribution is 0.364. The van der Waals surface area contributed by atoms with Gasteiger partial charge < -0.3 is 10.1 Å². The normalized spacial score (nSPS) is 14.0. The van der Waals surface area contributed by atoms with Gasteiger partial charge in [0.25, 0.3) is 0 Å². The van der Waals surface area contributed by atoms with Crippen LogP contribution in [0.25, 0.3) is 0 Å². The van der Waals surface area contributed by atoms with Crippen LogP contribution in [0.3, 0.4) is 0 Å². The van der Waals surface area contributed by atoms with Crippen molar-refractivity contribution in [2.75, 3.05) is 6.61 Å². The number of halogens is 1. The molecule has 0 aromatic heterocycles. The third-order valence-corrected chi connectivity index (χ3v) is 2.89. The van der Waals surface area contributed by atoms with Gasteiger partial charge in [-0.25, -0.2) is 0 Å². The number of ether oxygens (including phenoxy) is 1. The van der Waals surface area contributed by atoms with Gasteiger partial charge in [0.2, 0.25) is 0 Å². The summed E-state index contributed by atoms with van der Waals surface area (Å²) in [5.41, 5.74) is 1.10. The van der Waals surface area contributed by atoms with Crippen molar-refractivity contribution in [2.45, 2.75) is 32.4 Å². The van der Waals surface area contributed by atoms with Gasteiger partial charge in [0.05, 0.1) is 0 Å². The molecule has 1 aliphatic rings. The molecule has 1 N–H and O–H groups in total. The van der Waals surface area contributed by atoms with Crippen molar-refractivity contribution in [3.8, 4) is 17.6 Å². The molecule has 0 saturated heterocycles. The van der Waals surface area contributed by atoms with Crippen molar-refractivity contribution in [1.29, 1.82) is 0 Å². The molecule has 1 aromatic carbocycles. The van der Waals surface area contributed by atoms with Crippen molar-refractivity contribution in [1.82, 2.24) is 5.32 Å². The molecule has 0 atom stereocenters. The minimum Gasteiger partial charge on any atom is -0.481 e. The Morgan fingerprint density at radius 2 is 2.29 bits per heavy atom. The van der Waals surface area contributed by atoms with Crippen molar-refractivity contribution in [3.05, 3.63) is 28.8 Å². The lowest BCUT2D eigenvalue weighted by atomic mass is 10.2. The summed E-state index contributed by atoms with van der Waals surface area (Å²) in [7, 11) is 0. The first kappa shape index (κ1) is 12.3. The molecule has 2 rings (SSSR count). The predicted octanol–water partition coefficient (Wildman–Crippen LogP) is 2.99. The maximum absolute atomic E-state index is 6.00. The van der Waals surface area contributed by atoms with E-state index in [1.807, 2.05) is 18.2 Å². The molecule has 17 heavy (non-hydrogen) atoms. The van der Waals surface area contributed by atoms with Crippen LogP contribution in [0.5, 0.6) is 5.75 Å². The van der Waals surface area contributed by atoms with E-state index in [9.17, 15) is 0 Å². The smallest absolute Gasteiger partial charge is 0.149 e. The van der Waals surface area contributed by atoms with E-state index in [2.05, 4.69) is 17.2 Å². The Hall–Kier alpha value is -1.17. The van der Waals surface area contributed by atoms with Gasteiger partial charge in [-0.15, -0.1) is 5.92 Å². The van der Waals surface area contributed by atoms with Gasteiger partial charge in [-0.2, -0.15) is 0 Å². The third-order valence-electron chi connectivity index (χ3n) is 2.66. The van der Waals surface area contributed by atoms with Crippen molar-refractivity contribution in [2.24, 2.45) is 0 Å². The molecule has 0 spiro atoms. The van der Waals surface area contributed by atoms with Crippen LogP contribution in [0.4, 0.5) is 0 Å². The van der Waals surface area contributed by atoms with Gasteiger partial charge in [0, 0.05) is 23.2 Å². The lowest BCUT2D eigenvalue weighted by Gasteiger charge is -2.10. The van der Waals surface area contributed by atoms with E-state index < -0.39 is 0 Å². The van der Waals surface area contributed by atoms with E-state index in [0.717, 1.165) is 22.9 Å². The first-order valence-electron chi connectivity index (χ1n) is 5.84. The highest BCUT2D eigenvalue weighted by Crippen LogP contribution is 2.25. The predicted molar refractivity (Wildman–Crippen MR) is 70.3 cm³/mol. The Kier molecular flexibility index (Phi) is 4.30. The summed E-state index contributed by atoms with van der Waals surface area (Å²) in [6.45, 7) is 3.04. The average molecular weight is 250 g/mol. The number of benzene rings is 1. The van der Waals surface area contributed by atoms with Gasteiger partial charge in [-0.05, 0) is 38.0 Å². The van der Waals surface area contributed by atoms with Crippen LogP contribution < -0.4 is 10.1 Å². The molecule has 0 radical (unpaired) electrons. The minimum atomic E-state index is 0.425. The van der Waals surface area contributed by atoms with E-state index >= 15 is 0 Å². The maximum Gasteiger partial charge on any atom is 0.149 e. The van der Waals surface area contributed by atoms with Gasteiger partial charge in [0.1, 0.15) is 12.4 Å². The van der Waals surface area contributed by atoms with Crippen LogP contribution in [0, 0.1) is 11.8 Å². The second-order valence-electron chi connectivity index (χ2n) is 4.12. The molecule has 1 saturated carbocycles. The van der Waals surface area contributed by atoms with E-state index in [4.69, 9.17) is 16.3 Å². The topological polar surface area (TPSA) is 21.3 Å². The molecule has 1 aliphatic carbocycles. The van der Waals surface area contributed by atoms with Gasteiger partial charge in [-0.1, -0.05) is 17.5 Å². The Morgan fingerprint density at radius 1 is 1.47 bits per heavy atom. The molecule has 3 heteroatoms. The van der Waals surface area contributed by atoms with Crippen LogP contribution in [-0.4, -0.2) is 12.6 Å². The van der Waals surface area contributed by atoms with E-state index in [-0.39, 0.29) is 0 Å². The number of hydrogen-bond donors (Lipinski definition) is 1. The van der Waals surface area contributed by atoms with Crippen LogP contribution in [0.15, 0.2) is 18.2 Å². The number of hydrogen-bond acceptors (Lipinski definition) is 2. The molecule has 2 nitrogen and oxygen atoms in total. The fraction of sp³-hybridized carbons (Fsp3) is 0.429. The second kappa shape index (κ2) is 5.95. The molecule has 1 fully saturated rings. The molecule has 0 aliphatic heterocycles. The highest BCUT2D eigenvalue weighted by atomic mass is 35.5. The molecule has 0 heterocycles. The summed E-state index contributed by atoms with van der Waals surface area (Å²) in [5.74, 6) is 6.57. The van der Waals surface area contributed by atoms with Crippen LogP contribution in [0.1, 0.15) is 25.3 Å². The molecular formula is C14H16ClNO. The largest absolute Gasteiger partial charge is 0.481 e. The summed E-state index contributed by atoms with van der Waals surface area (Å²) in [6, 6.07) is 6.38. The SMILES string of the molecule is CC#CCOc1ccc(Cl)cc1CNC1CC1. The average Bonchev–Trinajstić information content (AvgIpc) is 3.13. The Labute approximate surface area is 107 Å². The third kappa shape index (κ3) is 3.96. The highest BCUT2D eigenvalue weighted by Gasteiger charge is 2.20. The van der Waals surface area contributed by atoms with E-state index in [0.29, 0.717) is 12.6 Å². The van der Waals surface area contributed by atoms with Gasteiger partial charge in [-0.3, -0.25) is 0 Å². The highest BCUT2D eigenvalue weighted by molar-refractivity contribution is 6.30. The van der Waals surface area contributed by atoms with Crippen LogP contribution >= 0.6 is 11.6 Å². The van der Waals surface area contributed by atoms with Gasteiger partial charge >= 0.3 is 0 Å². The summed E-state index contributed by atoms with van der Waals surface area (Å²) >= 11 is 6.00. The molecule has 1 aromatic rings. The first-order chi connectivity index (χ1) is 8.29. The van der Waals surface area contributed by atoms with E-state index in [1.54, 1.807) is 6.92 Å². The van der Waals surface area contributed by atoms with Crippen molar-refractivity contribution >= 4 is 11.6 Å².